The molecule has 0 aromatic rings. The van der Waals surface area contributed by atoms with Crippen LogP contribution in [-0.2, 0) is 14.3 Å². The monoisotopic (exact) mass is 316 g/mol. The molecule has 0 bridgehead atoms. The summed E-state index contributed by atoms with van der Waals surface area (Å²) in [6.45, 7) is 1.59. The molecule has 0 aliphatic heterocycles. The molecule has 0 spiro atoms. The van der Waals surface area contributed by atoms with Crippen LogP contribution in [0.4, 0.5) is 26.3 Å². The van der Waals surface area contributed by atoms with Crippen molar-refractivity contribution in [1.29, 1.82) is 0 Å². The molecule has 0 N–H and O–H groups in total. The summed E-state index contributed by atoms with van der Waals surface area (Å²) in [4.78, 5) is 0. The van der Waals surface area contributed by atoms with Crippen LogP contribution in [0.1, 0.15) is 32.6 Å². The molecular formula is C9H14F6O3S. The molecule has 3 nitrogen and oxygen atoms in total. The van der Waals surface area contributed by atoms with Gasteiger partial charge in [-0.3, -0.25) is 0 Å². The van der Waals surface area contributed by atoms with Crippen molar-refractivity contribution in [2.45, 2.75) is 51.1 Å². The second-order valence-corrected chi connectivity index (χ2v) is 5.57. The van der Waals surface area contributed by atoms with Crippen molar-refractivity contribution >= 4 is 10.1 Å². The first-order valence-corrected chi connectivity index (χ1v) is 6.99. The molecule has 0 aromatic carbocycles. The van der Waals surface area contributed by atoms with Gasteiger partial charge in [0.1, 0.15) is 0 Å². The molecule has 0 rings (SSSR count). The van der Waals surface area contributed by atoms with Crippen molar-refractivity contribution in [1.82, 2.24) is 0 Å². The van der Waals surface area contributed by atoms with Crippen LogP contribution < -0.4 is 0 Å². The van der Waals surface area contributed by atoms with Crippen LogP contribution in [0.25, 0.3) is 0 Å². The van der Waals surface area contributed by atoms with E-state index in [4.69, 9.17) is 0 Å². The molecule has 19 heavy (non-hydrogen) atoms. The molecule has 116 valence electrons. The lowest BCUT2D eigenvalue weighted by atomic mass is 10.2. The highest BCUT2D eigenvalue weighted by Gasteiger charge is 2.47. The predicted molar refractivity (Wildman–Crippen MR) is 54.9 cm³/mol. The van der Waals surface area contributed by atoms with Crippen LogP contribution in [0.15, 0.2) is 0 Å². The van der Waals surface area contributed by atoms with E-state index in [2.05, 4.69) is 4.18 Å². The van der Waals surface area contributed by atoms with Crippen LogP contribution >= 0.6 is 0 Å². The van der Waals surface area contributed by atoms with E-state index in [1.54, 1.807) is 6.92 Å². The molecule has 1 atom stereocenters. The minimum absolute atomic E-state index is 0.0257. The van der Waals surface area contributed by atoms with E-state index in [-0.39, 0.29) is 6.42 Å². The molecule has 0 amide bonds. The van der Waals surface area contributed by atoms with Crippen LogP contribution in [0.2, 0.25) is 0 Å². The van der Waals surface area contributed by atoms with Gasteiger partial charge in [0.2, 0.25) is 0 Å². The van der Waals surface area contributed by atoms with E-state index in [1.165, 1.54) is 0 Å². The fraction of sp³-hybridized carbons (Fsp3) is 1.00. The van der Waals surface area contributed by atoms with Crippen LogP contribution in [0.3, 0.4) is 0 Å². The average Bonchev–Trinajstić information content (AvgIpc) is 2.20. The highest BCUT2D eigenvalue weighted by atomic mass is 32.2. The van der Waals surface area contributed by atoms with Gasteiger partial charge in [-0.05, 0) is 12.8 Å². The smallest absolute Gasteiger partial charge is 0.238 e. The molecule has 1 unspecified atom stereocenters. The number of unbranched alkanes of at least 4 members (excludes halogenated alkanes) is 1. The average molecular weight is 316 g/mol. The van der Waals surface area contributed by atoms with Crippen molar-refractivity contribution in [3.8, 4) is 0 Å². The first-order valence-electron chi connectivity index (χ1n) is 5.41. The standard InChI is InChI=1S/C9H14F6O3S/c1-2-3-6-19(16,17)18-9(14,15)7(10)4-5-8(11,12)13/h7H,2-6H2,1H3. The van der Waals surface area contributed by atoms with Gasteiger partial charge in [-0.2, -0.15) is 34.6 Å². The van der Waals surface area contributed by atoms with Crippen molar-refractivity contribution < 1.29 is 38.9 Å². The summed E-state index contributed by atoms with van der Waals surface area (Å²) >= 11 is 0. The molecule has 0 aromatic heterocycles. The minimum Gasteiger partial charge on any atom is -0.238 e. The zero-order chi connectivity index (χ0) is 15.3. The minimum atomic E-state index is -4.80. The Morgan fingerprint density at radius 2 is 1.68 bits per heavy atom. The number of rotatable bonds is 8. The summed E-state index contributed by atoms with van der Waals surface area (Å²) < 4.78 is 99.5. The second-order valence-electron chi connectivity index (χ2n) is 3.88. The van der Waals surface area contributed by atoms with Gasteiger partial charge in [0, 0.05) is 6.42 Å². The van der Waals surface area contributed by atoms with Gasteiger partial charge in [0.05, 0.1) is 5.75 Å². The summed E-state index contributed by atoms with van der Waals surface area (Å²) in [5.41, 5.74) is 0. The van der Waals surface area contributed by atoms with Crippen molar-refractivity contribution in [3.63, 3.8) is 0 Å². The van der Waals surface area contributed by atoms with Crippen LogP contribution in [0.5, 0.6) is 0 Å². The first kappa shape index (κ1) is 18.5. The van der Waals surface area contributed by atoms with Gasteiger partial charge < -0.3 is 0 Å². The number of hydrogen-bond donors (Lipinski definition) is 0. The second kappa shape index (κ2) is 6.78. The molecule has 0 fully saturated rings. The number of halogens is 6. The van der Waals surface area contributed by atoms with Crippen LogP contribution in [-0.4, -0.2) is 32.6 Å². The van der Waals surface area contributed by atoms with E-state index < -0.39 is 47.2 Å². The quantitative estimate of drug-likeness (QED) is 0.509. The molecule has 0 radical (unpaired) electrons. The summed E-state index contributed by atoms with van der Waals surface area (Å²) in [6, 6.07) is 0. The molecule has 0 saturated carbocycles. The maximum absolute atomic E-state index is 13.0. The lowest BCUT2D eigenvalue weighted by Gasteiger charge is -2.20. The summed E-state index contributed by atoms with van der Waals surface area (Å²) in [5.74, 6) is -0.745. The SMILES string of the molecule is CCCCS(=O)(=O)OC(F)(F)C(F)CCC(F)(F)F. The Kier molecular flexibility index (Phi) is 6.60. The molecule has 0 aliphatic rings. The van der Waals surface area contributed by atoms with Gasteiger partial charge in [-0.1, -0.05) is 13.3 Å². The zero-order valence-corrected chi connectivity index (χ0v) is 10.8. The van der Waals surface area contributed by atoms with Crippen molar-refractivity contribution in [2.75, 3.05) is 5.75 Å². The lowest BCUT2D eigenvalue weighted by molar-refractivity contribution is -0.224. The molecule has 0 saturated heterocycles. The Labute approximate surface area is 107 Å². The number of alkyl halides is 6. The zero-order valence-electron chi connectivity index (χ0n) is 10.0. The Morgan fingerprint density at radius 3 is 2.11 bits per heavy atom. The summed E-state index contributed by atoms with van der Waals surface area (Å²) in [5, 5.41) is 0. The van der Waals surface area contributed by atoms with Gasteiger partial charge in [-0.15, -0.1) is 0 Å². The van der Waals surface area contributed by atoms with Gasteiger partial charge in [-0.25, -0.2) is 4.39 Å². The highest BCUT2D eigenvalue weighted by molar-refractivity contribution is 7.86. The fourth-order valence-corrected chi connectivity index (χ4v) is 2.21. The van der Waals surface area contributed by atoms with E-state index >= 15 is 0 Å². The summed E-state index contributed by atoms with van der Waals surface area (Å²) in [7, 11) is -4.67. The third-order valence-corrected chi connectivity index (χ3v) is 3.30. The van der Waals surface area contributed by atoms with Gasteiger partial charge in [0.15, 0.2) is 6.17 Å². The maximum Gasteiger partial charge on any atom is 0.400 e. The van der Waals surface area contributed by atoms with Crippen LogP contribution in [0, 0.1) is 0 Å². The van der Waals surface area contributed by atoms with E-state index in [9.17, 15) is 34.8 Å². The predicted octanol–water partition coefficient (Wildman–Crippen LogP) is 3.41. The molecule has 0 heterocycles. The Balaban J connectivity index is 4.52. The highest BCUT2D eigenvalue weighted by Crippen LogP contribution is 2.32. The first-order chi connectivity index (χ1) is 8.40. The van der Waals surface area contributed by atoms with Crippen molar-refractivity contribution in [2.24, 2.45) is 0 Å². The number of hydrogen-bond acceptors (Lipinski definition) is 3. The Hall–Kier alpha value is -0.510. The van der Waals surface area contributed by atoms with E-state index in [0.717, 1.165) is 0 Å². The fourth-order valence-electron chi connectivity index (χ4n) is 1.04. The molecule has 10 heteroatoms. The Bertz CT molecular complexity index is 365. The largest absolute Gasteiger partial charge is 0.400 e. The topological polar surface area (TPSA) is 43.4 Å². The normalized spacial score (nSPS) is 15.5. The third kappa shape index (κ3) is 8.30. The lowest BCUT2D eigenvalue weighted by Crippen LogP contribution is -2.37. The summed E-state index contributed by atoms with van der Waals surface area (Å²) in [6.07, 6.45) is -15.9. The molecule has 0 aliphatic carbocycles. The Morgan fingerprint density at radius 1 is 1.16 bits per heavy atom. The third-order valence-electron chi connectivity index (χ3n) is 2.03. The van der Waals surface area contributed by atoms with Gasteiger partial charge in [0.25, 0.3) is 10.1 Å². The van der Waals surface area contributed by atoms with Crippen molar-refractivity contribution in [3.05, 3.63) is 0 Å². The van der Waals surface area contributed by atoms with Gasteiger partial charge >= 0.3 is 12.3 Å². The van der Waals surface area contributed by atoms with E-state index in [1.807, 2.05) is 0 Å². The van der Waals surface area contributed by atoms with E-state index in [0.29, 0.717) is 6.42 Å². The molecular weight excluding hydrogens is 302 g/mol. The maximum atomic E-state index is 13.0.